The van der Waals surface area contributed by atoms with Gasteiger partial charge in [-0.1, -0.05) is 36.4 Å². The predicted octanol–water partition coefficient (Wildman–Crippen LogP) is 4.94. The summed E-state index contributed by atoms with van der Waals surface area (Å²) in [5.41, 5.74) is 4.19. The van der Waals surface area contributed by atoms with E-state index in [1.54, 1.807) is 0 Å². The summed E-state index contributed by atoms with van der Waals surface area (Å²) in [6.07, 6.45) is 0.205. The van der Waals surface area contributed by atoms with Gasteiger partial charge in [-0.25, -0.2) is 4.79 Å². The average Bonchev–Trinajstić information content (AvgIpc) is 3.26. The third-order valence-corrected chi connectivity index (χ3v) is 6.05. The zero-order chi connectivity index (χ0) is 21.8. The van der Waals surface area contributed by atoms with E-state index in [4.69, 9.17) is 18.6 Å². The van der Waals surface area contributed by atoms with Crippen LogP contribution in [0.4, 0.5) is 0 Å². The lowest BCUT2D eigenvalue weighted by molar-refractivity contribution is -0.135. The van der Waals surface area contributed by atoms with E-state index in [2.05, 4.69) is 0 Å². The Hall–Kier alpha value is -4.06. The second-order valence-electron chi connectivity index (χ2n) is 8.00. The van der Waals surface area contributed by atoms with Crippen LogP contribution in [0, 0.1) is 6.92 Å². The Morgan fingerprint density at radius 1 is 0.906 bits per heavy atom. The molecule has 6 rings (SSSR count). The molecule has 0 bridgehead atoms. The molecule has 2 aliphatic heterocycles. The van der Waals surface area contributed by atoms with Crippen molar-refractivity contribution in [2.45, 2.75) is 19.3 Å². The summed E-state index contributed by atoms with van der Waals surface area (Å²) in [5, 5.41) is 0.621. The van der Waals surface area contributed by atoms with E-state index < -0.39 is 5.63 Å². The minimum absolute atomic E-state index is 0.186. The minimum Gasteiger partial charge on any atom is -0.454 e. The van der Waals surface area contributed by atoms with Gasteiger partial charge in [0.25, 0.3) is 0 Å². The van der Waals surface area contributed by atoms with Gasteiger partial charge >= 0.3 is 11.6 Å². The molecule has 0 saturated carbocycles. The van der Waals surface area contributed by atoms with Crippen LogP contribution in [0.25, 0.3) is 22.1 Å². The number of esters is 1. The first-order valence-corrected chi connectivity index (χ1v) is 10.4. The second kappa shape index (κ2) is 6.99. The monoisotopic (exact) mass is 426 g/mol. The standard InChI is InChI=1S/C26H18O6/c1-14-9-21-25(17(11-22(27)31-21)15-5-3-2-4-6-15)26-24(14)18(12-23(28)32-26)16-7-8-19-20(10-16)30-13-29-19/h2-11,18H,12-13H2,1H3/t18-/m1/s1. The van der Waals surface area contributed by atoms with E-state index in [9.17, 15) is 9.59 Å². The highest BCUT2D eigenvalue weighted by Gasteiger charge is 2.34. The highest BCUT2D eigenvalue weighted by atomic mass is 16.7. The summed E-state index contributed by atoms with van der Waals surface area (Å²) in [7, 11) is 0. The lowest BCUT2D eigenvalue weighted by Gasteiger charge is -2.28. The van der Waals surface area contributed by atoms with Crippen molar-refractivity contribution >= 4 is 16.9 Å². The zero-order valence-electron chi connectivity index (χ0n) is 17.2. The molecule has 3 aromatic carbocycles. The van der Waals surface area contributed by atoms with Crippen LogP contribution in [0.1, 0.15) is 29.0 Å². The van der Waals surface area contributed by atoms with Gasteiger partial charge in [0.05, 0.1) is 11.8 Å². The fourth-order valence-electron chi connectivity index (χ4n) is 4.66. The molecular weight excluding hydrogens is 408 g/mol. The number of fused-ring (bicyclic) bond motifs is 4. The van der Waals surface area contributed by atoms with Gasteiger partial charge in [0.15, 0.2) is 11.5 Å². The van der Waals surface area contributed by atoms with Gasteiger partial charge in [0.1, 0.15) is 11.3 Å². The summed E-state index contributed by atoms with van der Waals surface area (Å²) in [6.45, 7) is 2.12. The summed E-state index contributed by atoms with van der Waals surface area (Å²) in [6, 6.07) is 18.6. The van der Waals surface area contributed by atoms with Crippen molar-refractivity contribution in [1.82, 2.24) is 0 Å². The van der Waals surface area contributed by atoms with Gasteiger partial charge in [0.2, 0.25) is 6.79 Å². The Labute approximate surface area is 183 Å². The third kappa shape index (κ3) is 2.87. The number of ether oxygens (including phenoxy) is 3. The van der Waals surface area contributed by atoms with Gasteiger partial charge in [-0.2, -0.15) is 0 Å². The number of rotatable bonds is 2. The summed E-state index contributed by atoms with van der Waals surface area (Å²) in [5.74, 6) is 1.24. The molecule has 1 atom stereocenters. The van der Waals surface area contributed by atoms with Gasteiger partial charge < -0.3 is 18.6 Å². The maximum atomic E-state index is 12.7. The van der Waals surface area contributed by atoms with Gasteiger partial charge in [-0.05, 0) is 41.8 Å². The number of carbonyl (C=O) groups is 1. The Bertz CT molecular complexity index is 1450. The molecule has 0 amide bonds. The maximum Gasteiger partial charge on any atom is 0.336 e. The van der Waals surface area contributed by atoms with Crippen LogP contribution in [-0.4, -0.2) is 12.8 Å². The lowest BCUT2D eigenvalue weighted by Crippen LogP contribution is -2.22. The van der Waals surface area contributed by atoms with Crippen molar-refractivity contribution in [2.24, 2.45) is 0 Å². The smallest absolute Gasteiger partial charge is 0.336 e. The quantitative estimate of drug-likeness (QED) is 0.257. The fourth-order valence-corrected chi connectivity index (χ4v) is 4.66. The number of aryl methyl sites for hydroxylation is 1. The summed E-state index contributed by atoms with van der Waals surface area (Å²) < 4.78 is 22.3. The molecule has 6 heteroatoms. The molecule has 3 heterocycles. The Balaban J connectivity index is 1.64. The fraction of sp³-hybridized carbons (Fsp3) is 0.154. The lowest BCUT2D eigenvalue weighted by atomic mass is 9.82. The second-order valence-corrected chi connectivity index (χ2v) is 8.00. The van der Waals surface area contributed by atoms with E-state index in [-0.39, 0.29) is 25.1 Å². The highest BCUT2D eigenvalue weighted by Crippen LogP contribution is 2.48. The molecule has 4 aromatic rings. The summed E-state index contributed by atoms with van der Waals surface area (Å²) in [4.78, 5) is 25.1. The Morgan fingerprint density at radius 2 is 1.72 bits per heavy atom. The van der Waals surface area contributed by atoms with Crippen molar-refractivity contribution < 1.29 is 23.4 Å². The van der Waals surface area contributed by atoms with Gasteiger partial charge in [-0.3, -0.25) is 4.79 Å². The molecule has 0 saturated heterocycles. The Morgan fingerprint density at radius 3 is 2.56 bits per heavy atom. The maximum absolute atomic E-state index is 12.7. The molecule has 0 fully saturated rings. The van der Waals surface area contributed by atoms with Crippen LogP contribution in [0.5, 0.6) is 17.2 Å². The van der Waals surface area contributed by atoms with Gasteiger partial charge in [-0.15, -0.1) is 0 Å². The average molecular weight is 426 g/mol. The largest absolute Gasteiger partial charge is 0.454 e. The molecule has 32 heavy (non-hydrogen) atoms. The highest BCUT2D eigenvalue weighted by molar-refractivity contribution is 6.01. The van der Waals surface area contributed by atoms with Crippen molar-refractivity contribution in [1.29, 1.82) is 0 Å². The molecule has 0 unspecified atom stereocenters. The topological polar surface area (TPSA) is 75.0 Å². The van der Waals surface area contributed by atoms with Crippen LogP contribution >= 0.6 is 0 Å². The van der Waals surface area contributed by atoms with Gasteiger partial charge in [0, 0.05) is 23.1 Å². The molecule has 158 valence electrons. The van der Waals surface area contributed by atoms with E-state index in [1.807, 2.05) is 61.5 Å². The first-order chi connectivity index (χ1) is 15.6. The van der Waals surface area contributed by atoms with Crippen LogP contribution in [0.2, 0.25) is 0 Å². The Kier molecular flexibility index (Phi) is 4.08. The molecule has 0 spiro atoms. The van der Waals surface area contributed by atoms with E-state index in [0.717, 1.165) is 22.3 Å². The van der Waals surface area contributed by atoms with Crippen LogP contribution in [-0.2, 0) is 4.79 Å². The number of carbonyl (C=O) groups excluding carboxylic acids is 1. The van der Waals surface area contributed by atoms with Crippen LogP contribution in [0.3, 0.4) is 0 Å². The van der Waals surface area contributed by atoms with Crippen molar-refractivity contribution in [3.05, 3.63) is 87.8 Å². The van der Waals surface area contributed by atoms with E-state index in [0.29, 0.717) is 33.8 Å². The number of hydrogen-bond donors (Lipinski definition) is 0. The first kappa shape index (κ1) is 18.7. The van der Waals surface area contributed by atoms with E-state index >= 15 is 0 Å². The van der Waals surface area contributed by atoms with Crippen LogP contribution in [0.15, 0.2) is 69.9 Å². The SMILES string of the molecule is Cc1cc2oc(=O)cc(-c3ccccc3)c2c2c1[C@@H](c1ccc3c(c1)OCO3)CC(=O)O2. The summed E-state index contributed by atoms with van der Waals surface area (Å²) >= 11 is 0. The molecule has 2 aliphatic rings. The normalized spacial score (nSPS) is 16.7. The van der Waals surface area contributed by atoms with E-state index in [1.165, 1.54) is 6.07 Å². The molecule has 0 aliphatic carbocycles. The first-order valence-electron chi connectivity index (χ1n) is 10.4. The molecule has 6 nitrogen and oxygen atoms in total. The number of hydrogen-bond acceptors (Lipinski definition) is 6. The molecule has 1 aromatic heterocycles. The van der Waals surface area contributed by atoms with Crippen molar-refractivity contribution in [3.8, 4) is 28.4 Å². The van der Waals surface area contributed by atoms with Crippen molar-refractivity contribution in [3.63, 3.8) is 0 Å². The van der Waals surface area contributed by atoms with Crippen molar-refractivity contribution in [2.75, 3.05) is 6.79 Å². The zero-order valence-corrected chi connectivity index (χ0v) is 17.2. The molecular formula is C26H18O6. The molecule has 0 radical (unpaired) electrons. The minimum atomic E-state index is -0.454. The molecule has 0 N–H and O–H groups in total. The third-order valence-electron chi connectivity index (χ3n) is 6.05. The predicted molar refractivity (Wildman–Crippen MR) is 117 cm³/mol. The number of benzene rings is 3. The van der Waals surface area contributed by atoms with Crippen LogP contribution < -0.4 is 19.8 Å².